The van der Waals surface area contributed by atoms with Crippen LogP contribution in [0.4, 0.5) is 8.78 Å². The van der Waals surface area contributed by atoms with Crippen molar-refractivity contribution in [2.75, 3.05) is 6.54 Å². The third-order valence-corrected chi connectivity index (χ3v) is 3.07. The van der Waals surface area contributed by atoms with E-state index < -0.39 is 11.6 Å². The first-order chi connectivity index (χ1) is 9.61. The molecule has 0 fully saturated rings. The molecule has 0 unspecified atom stereocenters. The smallest absolute Gasteiger partial charge is 0.159 e. The molecule has 0 saturated carbocycles. The van der Waals surface area contributed by atoms with E-state index in [-0.39, 0.29) is 6.61 Å². The standard InChI is InChI=1S/C16H17F2NO/c1-11-3-2-4-13(7-8-19)16(11)20-10-12-5-6-14(17)15(18)9-12/h2-6,9H,7-8,10,19H2,1H3. The summed E-state index contributed by atoms with van der Waals surface area (Å²) in [6, 6.07) is 9.62. The molecule has 2 N–H and O–H groups in total. The summed E-state index contributed by atoms with van der Waals surface area (Å²) >= 11 is 0. The number of aryl methyl sites for hydroxylation is 1. The molecule has 20 heavy (non-hydrogen) atoms. The highest BCUT2D eigenvalue weighted by molar-refractivity contribution is 5.41. The lowest BCUT2D eigenvalue weighted by Crippen LogP contribution is -2.06. The van der Waals surface area contributed by atoms with Crippen LogP contribution in [0.15, 0.2) is 36.4 Å². The molecule has 0 atom stereocenters. The predicted molar refractivity (Wildman–Crippen MR) is 74.6 cm³/mol. The normalized spacial score (nSPS) is 10.6. The fourth-order valence-corrected chi connectivity index (χ4v) is 2.06. The number of hydrogen-bond donors (Lipinski definition) is 1. The second-order valence-electron chi connectivity index (χ2n) is 4.64. The van der Waals surface area contributed by atoms with Gasteiger partial charge in [0.2, 0.25) is 0 Å². The summed E-state index contributed by atoms with van der Waals surface area (Å²) in [6.07, 6.45) is 0.717. The van der Waals surface area contributed by atoms with Gasteiger partial charge in [-0.15, -0.1) is 0 Å². The maximum atomic E-state index is 13.1. The molecule has 0 aliphatic carbocycles. The molecular formula is C16H17F2NO. The molecule has 0 spiro atoms. The zero-order chi connectivity index (χ0) is 14.5. The zero-order valence-corrected chi connectivity index (χ0v) is 11.3. The highest BCUT2D eigenvalue weighted by Gasteiger charge is 2.08. The Morgan fingerprint density at radius 2 is 1.90 bits per heavy atom. The fraction of sp³-hybridized carbons (Fsp3) is 0.250. The molecule has 2 aromatic rings. The van der Waals surface area contributed by atoms with E-state index in [1.807, 2.05) is 25.1 Å². The van der Waals surface area contributed by atoms with E-state index in [0.717, 1.165) is 35.4 Å². The lowest BCUT2D eigenvalue weighted by Gasteiger charge is -2.14. The number of para-hydroxylation sites is 1. The Balaban J connectivity index is 2.15. The Morgan fingerprint density at radius 3 is 2.60 bits per heavy atom. The number of ether oxygens (including phenoxy) is 1. The van der Waals surface area contributed by atoms with Crippen molar-refractivity contribution in [1.82, 2.24) is 0 Å². The summed E-state index contributed by atoms with van der Waals surface area (Å²) in [7, 11) is 0. The van der Waals surface area contributed by atoms with Crippen LogP contribution in [-0.4, -0.2) is 6.54 Å². The Morgan fingerprint density at radius 1 is 1.10 bits per heavy atom. The minimum atomic E-state index is -0.863. The lowest BCUT2D eigenvalue weighted by molar-refractivity contribution is 0.300. The second kappa shape index (κ2) is 6.48. The van der Waals surface area contributed by atoms with Crippen molar-refractivity contribution >= 4 is 0 Å². The molecule has 0 amide bonds. The average Bonchev–Trinajstić information content (AvgIpc) is 2.42. The summed E-state index contributed by atoms with van der Waals surface area (Å²) in [5.41, 5.74) is 8.19. The van der Waals surface area contributed by atoms with E-state index in [4.69, 9.17) is 10.5 Å². The van der Waals surface area contributed by atoms with E-state index in [0.29, 0.717) is 12.1 Å². The van der Waals surface area contributed by atoms with Crippen molar-refractivity contribution in [2.24, 2.45) is 5.73 Å². The van der Waals surface area contributed by atoms with Crippen molar-refractivity contribution in [3.05, 3.63) is 64.7 Å². The number of halogens is 2. The summed E-state index contributed by atoms with van der Waals surface area (Å²) in [5.74, 6) is -0.950. The summed E-state index contributed by atoms with van der Waals surface area (Å²) in [5, 5.41) is 0. The van der Waals surface area contributed by atoms with E-state index in [1.54, 1.807) is 0 Å². The molecule has 0 aliphatic heterocycles. The van der Waals surface area contributed by atoms with E-state index in [9.17, 15) is 8.78 Å². The summed E-state index contributed by atoms with van der Waals surface area (Å²) in [4.78, 5) is 0. The van der Waals surface area contributed by atoms with Gasteiger partial charge in [0.15, 0.2) is 11.6 Å². The number of nitrogens with two attached hydrogens (primary N) is 1. The SMILES string of the molecule is Cc1cccc(CCN)c1OCc1ccc(F)c(F)c1. The molecule has 0 saturated heterocycles. The zero-order valence-electron chi connectivity index (χ0n) is 11.3. The monoisotopic (exact) mass is 277 g/mol. The average molecular weight is 277 g/mol. The molecule has 0 bridgehead atoms. The molecule has 4 heteroatoms. The van der Waals surface area contributed by atoms with E-state index in [1.165, 1.54) is 6.07 Å². The Hall–Kier alpha value is -1.94. The van der Waals surface area contributed by atoms with Crippen LogP contribution in [-0.2, 0) is 13.0 Å². The van der Waals surface area contributed by atoms with Crippen LogP contribution in [0.1, 0.15) is 16.7 Å². The molecule has 0 aromatic heterocycles. The Bertz CT molecular complexity index is 599. The molecule has 2 nitrogen and oxygen atoms in total. The van der Waals surface area contributed by atoms with Crippen LogP contribution in [0.2, 0.25) is 0 Å². The highest BCUT2D eigenvalue weighted by atomic mass is 19.2. The van der Waals surface area contributed by atoms with Gasteiger partial charge in [0.05, 0.1) is 0 Å². The largest absolute Gasteiger partial charge is 0.488 e. The number of hydrogen-bond acceptors (Lipinski definition) is 2. The molecule has 2 rings (SSSR count). The quantitative estimate of drug-likeness (QED) is 0.909. The molecule has 0 radical (unpaired) electrons. The molecule has 2 aromatic carbocycles. The topological polar surface area (TPSA) is 35.2 Å². The van der Waals surface area contributed by atoms with Crippen molar-refractivity contribution in [3.63, 3.8) is 0 Å². The highest BCUT2D eigenvalue weighted by Crippen LogP contribution is 2.25. The van der Waals surface area contributed by atoms with Gasteiger partial charge < -0.3 is 10.5 Å². The van der Waals surface area contributed by atoms with Gasteiger partial charge in [0.25, 0.3) is 0 Å². The van der Waals surface area contributed by atoms with Gasteiger partial charge in [-0.25, -0.2) is 8.78 Å². The van der Waals surface area contributed by atoms with E-state index >= 15 is 0 Å². The first-order valence-electron chi connectivity index (χ1n) is 6.47. The second-order valence-corrected chi connectivity index (χ2v) is 4.64. The summed E-state index contributed by atoms with van der Waals surface area (Å²) < 4.78 is 31.8. The number of benzene rings is 2. The minimum absolute atomic E-state index is 0.194. The van der Waals surface area contributed by atoms with Crippen LogP contribution in [0.25, 0.3) is 0 Å². The van der Waals surface area contributed by atoms with Crippen molar-refractivity contribution in [2.45, 2.75) is 20.0 Å². The van der Waals surface area contributed by atoms with Gasteiger partial charge in [-0.2, -0.15) is 0 Å². The van der Waals surface area contributed by atoms with Crippen LogP contribution in [0.5, 0.6) is 5.75 Å². The van der Waals surface area contributed by atoms with Crippen LogP contribution >= 0.6 is 0 Å². The van der Waals surface area contributed by atoms with E-state index in [2.05, 4.69) is 0 Å². The maximum absolute atomic E-state index is 13.1. The first-order valence-corrected chi connectivity index (χ1v) is 6.47. The molecule has 0 aliphatic rings. The van der Waals surface area contributed by atoms with Gasteiger partial charge in [0.1, 0.15) is 12.4 Å². The van der Waals surface area contributed by atoms with Crippen molar-refractivity contribution in [1.29, 1.82) is 0 Å². The van der Waals surface area contributed by atoms with Crippen LogP contribution in [0, 0.1) is 18.6 Å². The Kier molecular flexibility index (Phi) is 4.69. The minimum Gasteiger partial charge on any atom is -0.488 e. The third-order valence-electron chi connectivity index (χ3n) is 3.07. The predicted octanol–water partition coefficient (Wildman–Crippen LogP) is 3.35. The first kappa shape index (κ1) is 14.5. The maximum Gasteiger partial charge on any atom is 0.159 e. The van der Waals surface area contributed by atoms with Crippen molar-refractivity contribution < 1.29 is 13.5 Å². The molecule has 0 heterocycles. The van der Waals surface area contributed by atoms with Gasteiger partial charge in [-0.1, -0.05) is 24.3 Å². The van der Waals surface area contributed by atoms with Gasteiger partial charge in [-0.05, 0) is 48.7 Å². The summed E-state index contributed by atoms with van der Waals surface area (Å²) in [6.45, 7) is 2.67. The third kappa shape index (κ3) is 3.33. The van der Waals surface area contributed by atoms with Crippen LogP contribution < -0.4 is 10.5 Å². The van der Waals surface area contributed by atoms with Gasteiger partial charge in [0, 0.05) is 0 Å². The number of rotatable bonds is 5. The van der Waals surface area contributed by atoms with Gasteiger partial charge >= 0.3 is 0 Å². The lowest BCUT2D eigenvalue weighted by atomic mass is 10.1. The molecular weight excluding hydrogens is 260 g/mol. The van der Waals surface area contributed by atoms with Crippen molar-refractivity contribution in [3.8, 4) is 5.75 Å². The van der Waals surface area contributed by atoms with Gasteiger partial charge in [-0.3, -0.25) is 0 Å². The molecule has 106 valence electrons. The fourth-order valence-electron chi connectivity index (χ4n) is 2.06. The Labute approximate surface area is 117 Å². The van der Waals surface area contributed by atoms with Crippen LogP contribution in [0.3, 0.4) is 0 Å².